The summed E-state index contributed by atoms with van der Waals surface area (Å²) in [4.78, 5) is 14.5. The Hall–Kier alpha value is -0.820. The molecule has 19 heavy (non-hydrogen) atoms. The first-order chi connectivity index (χ1) is 9.11. The number of hydrogen-bond acceptors (Lipinski definition) is 4. The predicted molar refractivity (Wildman–Crippen MR) is 84.4 cm³/mol. The van der Waals surface area contributed by atoms with E-state index < -0.39 is 0 Å². The van der Waals surface area contributed by atoms with Gasteiger partial charge in [-0.1, -0.05) is 12.1 Å². The number of nitrogen functional groups attached to an aromatic ring is 1. The number of aryl methyl sites for hydroxylation is 1. The highest BCUT2D eigenvalue weighted by Crippen LogP contribution is 2.32. The fourth-order valence-corrected chi connectivity index (χ4v) is 4.22. The summed E-state index contributed by atoms with van der Waals surface area (Å²) in [6, 6.07) is 10.0. The Morgan fingerprint density at radius 2 is 2.21 bits per heavy atom. The second-order valence-electron chi connectivity index (χ2n) is 3.88. The Morgan fingerprint density at radius 3 is 2.89 bits per heavy atom. The Balaban J connectivity index is 2.10. The lowest BCUT2D eigenvalue weighted by Gasteiger charge is -2.03. The van der Waals surface area contributed by atoms with Gasteiger partial charge in [0.1, 0.15) is 0 Å². The summed E-state index contributed by atoms with van der Waals surface area (Å²) in [6.45, 7) is 2.02. The highest BCUT2D eigenvalue weighted by atomic mass is 79.9. The van der Waals surface area contributed by atoms with Crippen LogP contribution in [0.4, 0.5) is 0 Å². The molecule has 1 aromatic carbocycles. The zero-order valence-corrected chi connectivity index (χ0v) is 13.5. The van der Waals surface area contributed by atoms with Gasteiger partial charge >= 0.3 is 0 Å². The van der Waals surface area contributed by atoms with Crippen molar-refractivity contribution in [3.05, 3.63) is 50.1 Å². The average molecular weight is 357 g/mol. The molecule has 2 aromatic rings. The standard InChI is InChI=1S/C13H13BrN2OS2/c1-8-9(6-12(19-8)13(17)16-15)7-18-11-5-3-2-4-10(11)14/h2-6H,7,15H2,1H3,(H,16,17). The maximum Gasteiger partial charge on any atom is 0.275 e. The molecule has 3 N–H and O–H groups in total. The highest BCUT2D eigenvalue weighted by Gasteiger charge is 2.11. The van der Waals surface area contributed by atoms with Crippen molar-refractivity contribution in [3.8, 4) is 0 Å². The van der Waals surface area contributed by atoms with Gasteiger partial charge in [-0.25, -0.2) is 5.84 Å². The summed E-state index contributed by atoms with van der Waals surface area (Å²) >= 11 is 6.74. The van der Waals surface area contributed by atoms with Crippen LogP contribution < -0.4 is 11.3 Å². The van der Waals surface area contributed by atoms with Crippen LogP contribution in [0.3, 0.4) is 0 Å². The molecular weight excluding hydrogens is 344 g/mol. The Bertz CT molecular complexity index is 598. The number of thiophene rings is 1. The third kappa shape index (κ3) is 3.60. The van der Waals surface area contributed by atoms with E-state index in [0.29, 0.717) is 4.88 Å². The van der Waals surface area contributed by atoms with Crippen molar-refractivity contribution in [1.29, 1.82) is 0 Å². The minimum Gasteiger partial charge on any atom is -0.289 e. The normalized spacial score (nSPS) is 10.5. The van der Waals surface area contributed by atoms with Crippen molar-refractivity contribution in [1.82, 2.24) is 5.43 Å². The molecule has 1 amide bonds. The fraction of sp³-hybridized carbons (Fsp3) is 0.154. The molecule has 0 unspecified atom stereocenters. The highest BCUT2D eigenvalue weighted by molar-refractivity contribution is 9.10. The van der Waals surface area contributed by atoms with E-state index in [1.165, 1.54) is 21.8 Å². The quantitative estimate of drug-likeness (QED) is 0.380. The molecule has 0 aliphatic heterocycles. The minimum atomic E-state index is -0.231. The number of halogens is 1. The lowest BCUT2D eigenvalue weighted by molar-refractivity contribution is 0.0957. The molecule has 0 saturated heterocycles. The zero-order valence-electron chi connectivity index (χ0n) is 10.3. The number of thioether (sulfide) groups is 1. The molecule has 0 atom stereocenters. The molecule has 100 valence electrons. The summed E-state index contributed by atoms with van der Waals surface area (Å²) in [7, 11) is 0. The van der Waals surface area contributed by atoms with E-state index in [4.69, 9.17) is 5.84 Å². The molecule has 1 aromatic heterocycles. The molecular formula is C13H13BrN2OS2. The average Bonchev–Trinajstić information content (AvgIpc) is 2.78. The van der Waals surface area contributed by atoms with E-state index in [2.05, 4.69) is 27.4 Å². The Kier molecular flexibility index (Phi) is 5.04. The first kappa shape index (κ1) is 14.6. The van der Waals surface area contributed by atoms with Gasteiger partial charge in [0.15, 0.2) is 0 Å². The molecule has 0 radical (unpaired) electrons. The number of hydrazine groups is 1. The van der Waals surface area contributed by atoms with Crippen LogP contribution in [0.25, 0.3) is 0 Å². The van der Waals surface area contributed by atoms with Gasteiger partial charge in [-0.2, -0.15) is 0 Å². The monoisotopic (exact) mass is 356 g/mol. The number of nitrogens with one attached hydrogen (secondary N) is 1. The lowest BCUT2D eigenvalue weighted by atomic mass is 10.3. The van der Waals surface area contributed by atoms with Crippen molar-refractivity contribution < 1.29 is 4.79 Å². The Morgan fingerprint density at radius 1 is 1.47 bits per heavy atom. The van der Waals surface area contributed by atoms with Gasteiger partial charge in [-0.05, 0) is 46.6 Å². The molecule has 6 heteroatoms. The van der Waals surface area contributed by atoms with Crippen LogP contribution in [0.15, 0.2) is 39.7 Å². The fourth-order valence-electron chi connectivity index (χ4n) is 1.56. The molecule has 0 aliphatic rings. The lowest BCUT2D eigenvalue weighted by Crippen LogP contribution is -2.29. The molecule has 1 heterocycles. The second-order valence-corrected chi connectivity index (χ2v) is 7.01. The second kappa shape index (κ2) is 6.56. The van der Waals surface area contributed by atoms with Gasteiger partial charge in [0.25, 0.3) is 5.91 Å². The van der Waals surface area contributed by atoms with Crippen molar-refractivity contribution in [3.63, 3.8) is 0 Å². The number of carbonyl (C=O) groups excluding carboxylic acids is 1. The third-order valence-electron chi connectivity index (χ3n) is 2.60. The molecule has 0 spiro atoms. The number of amides is 1. The number of benzene rings is 1. The molecule has 0 bridgehead atoms. The van der Waals surface area contributed by atoms with Crippen LogP contribution in [0, 0.1) is 6.92 Å². The van der Waals surface area contributed by atoms with Crippen molar-refractivity contribution >= 4 is 44.9 Å². The first-order valence-electron chi connectivity index (χ1n) is 5.59. The predicted octanol–water partition coefficient (Wildman–Crippen LogP) is 3.71. The van der Waals surface area contributed by atoms with Gasteiger partial charge in [0.05, 0.1) is 4.88 Å². The van der Waals surface area contributed by atoms with E-state index in [9.17, 15) is 4.79 Å². The summed E-state index contributed by atoms with van der Waals surface area (Å²) in [6.07, 6.45) is 0. The minimum absolute atomic E-state index is 0.231. The van der Waals surface area contributed by atoms with Crippen LogP contribution in [0.1, 0.15) is 20.1 Å². The van der Waals surface area contributed by atoms with Gasteiger partial charge in [-0.3, -0.25) is 10.2 Å². The van der Waals surface area contributed by atoms with E-state index >= 15 is 0 Å². The van der Waals surface area contributed by atoms with E-state index in [-0.39, 0.29) is 5.91 Å². The largest absolute Gasteiger partial charge is 0.289 e. The molecule has 0 saturated carbocycles. The molecule has 3 nitrogen and oxygen atoms in total. The van der Waals surface area contributed by atoms with Crippen molar-refractivity contribution in [2.24, 2.45) is 5.84 Å². The van der Waals surface area contributed by atoms with Crippen molar-refractivity contribution in [2.45, 2.75) is 17.6 Å². The number of hydrogen-bond donors (Lipinski definition) is 2. The van der Waals surface area contributed by atoms with Crippen LogP contribution in [0.5, 0.6) is 0 Å². The van der Waals surface area contributed by atoms with E-state index in [0.717, 1.165) is 15.1 Å². The van der Waals surface area contributed by atoms with E-state index in [1.54, 1.807) is 11.8 Å². The van der Waals surface area contributed by atoms with Gasteiger partial charge in [0.2, 0.25) is 0 Å². The van der Waals surface area contributed by atoms with Crippen LogP contribution in [-0.2, 0) is 5.75 Å². The number of carbonyl (C=O) groups is 1. The van der Waals surface area contributed by atoms with Crippen LogP contribution in [0.2, 0.25) is 0 Å². The summed E-state index contributed by atoms with van der Waals surface area (Å²) in [5.74, 6) is 5.75. The first-order valence-corrected chi connectivity index (χ1v) is 8.19. The third-order valence-corrected chi connectivity index (χ3v) is 5.76. The molecule has 0 aliphatic carbocycles. The SMILES string of the molecule is Cc1sc(C(=O)NN)cc1CSc1ccccc1Br. The summed E-state index contributed by atoms with van der Waals surface area (Å²) in [5, 5.41) is 0. The smallest absolute Gasteiger partial charge is 0.275 e. The summed E-state index contributed by atoms with van der Waals surface area (Å²) in [5.41, 5.74) is 3.33. The van der Waals surface area contributed by atoms with Gasteiger partial charge in [0, 0.05) is 20.0 Å². The van der Waals surface area contributed by atoms with Crippen LogP contribution in [-0.4, -0.2) is 5.91 Å². The van der Waals surface area contributed by atoms with Crippen LogP contribution >= 0.6 is 39.0 Å². The van der Waals surface area contributed by atoms with E-state index in [1.807, 2.05) is 31.2 Å². The Labute approximate surface area is 128 Å². The summed E-state index contributed by atoms with van der Waals surface area (Å²) < 4.78 is 1.09. The number of nitrogens with two attached hydrogens (primary N) is 1. The molecule has 2 rings (SSSR count). The van der Waals surface area contributed by atoms with Gasteiger partial charge < -0.3 is 0 Å². The number of rotatable bonds is 4. The maximum atomic E-state index is 11.5. The topological polar surface area (TPSA) is 55.1 Å². The van der Waals surface area contributed by atoms with Crippen molar-refractivity contribution in [2.75, 3.05) is 0 Å². The maximum absolute atomic E-state index is 11.5. The molecule has 0 fully saturated rings. The zero-order chi connectivity index (χ0) is 13.8. The van der Waals surface area contributed by atoms with Gasteiger partial charge in [-0.15, -0.1) is 23.1 Å².